The number of aryl methyl sites for hydroxylation is 2. The highest BCUT2D eigenvalue weighted by atomic mass is 16.4. The minimum Gasteiger partial charge on any atom is -0.493 e. The predicted molar refractivity (Wildman–Crippen MR) is 113 cm³/mol. The summed E-state index contributed by atoms with van der Waals surface area (Å²) in [6, 6.07) is 8.62. The standard InChI is InChI=1S/C22H24N4O4/c1-22(2,3)20(30)26-21-24-17-16(18(27)25-21)11-14(12-23-17)6-4-5-13-7-9-15(10-8-13)19(28)29/h7-12H,4-6H2,1-3H3,(H,28,29)(H2,23,24,25,26,27,30). The average molecular weight is 408 g/mol. The Morgan fingerprint density at radius 1 is 1.03 bits per heavy atom. The van der Waals surface area contributed by atoms with E-state index in [1.165, 1.54) is 0 Å². The first-order valence-corrected chi connectivity index (χ1v) is 9.63. The molecule has 0 saturated heterocycles. The summed E-state index contributed by atoms with van der Waals surface area (Å²) in [5.41, 5.74) is 1.94. The van der Waals surface area contributed by atoms with Crippen molar-refractivity contribution in [2.24, 2.45) is 5.41 Å². The number of carboxylic acids is 1. The minimum atomic E-state index is -0.938. The number of benzene rings is 1. The Bertz CT molecular complexity index is 1090. The van der Waals surface area contributed by atoms with Gasteiger partial charge in [-0.2, -0.15) is 9.97 Å². The van der Waals surface area contributed by atoms with Crippen molar-refractivity contribution >= 4 is 28.9 Å². The molecule has 0 saturated carbocycles. The van der Waals surface area contributed by atoms with Gasteiger partial charge in [-0.25, -0.2) is 9.78 Å². The van der Waals surface area contributed by atoms with Crippen LogP contribution in [-0.4, -0.2) is 37.0 Å². The molecule has 0 spiro atoms. The summed E-state index contributed by atoms with van der Waals surface area (Å²) in [7, 11) is 0. The lowest BCUT2D eigenvalue weighted by atomic mass is 9.96. The fourth-order valence-electron chi connectivity index (χ4n) is 2.83. The lowest BCUT2D eigenvalue weighted by molar-refractivity contribution is -0.123. The van der Waals surface area contributed by atoms with Gasteiger partial charge in [0.25, 0.3) is 0 Å². The van der Waals surface area contributed by atoms with Crippen molar-refractivity contribution in [1.82, 2.24) is 15.0 Å². The molecule has 0 aliphatic carbocycles. The van der Waals surface area contributed by atoms with Crippen LogP contribution in [0.2, 0.25) is 0 Å². The highest BCUT2D eigenvalue weighted by Gasteiger charge is 2.22. The predicted octanol–water partition coefficient (Wildman–Crippen LogP) is 3.59. The molecule has 2 aromatic heterocycles. The van der Waals surface area contributed by atoms with Crippen molar-refractivity contribution in [3.05, 3.63) is 53.2 Å². The van der Waals surface area contributed by atoms with Crippen molar-refractivity contribution in [3.8, 4) is 5.88 Å². The van der Waals surface area contributed by atoms with Crippen LogP contribution >= 0.6 is 0 Å². The second-order valence-corrected chi connectivity index (χ2v) is 8.15. The molecule has 0 aliphatic rings. The normalized spacial score (nSPS) is 11.4. The highest BCUT2D eigenvalue weighted by Crippen LogP contribution is 2.24. The maximum Gasteiger partial charge on any atom is 0.335 e. The Hall–Kier alpha value is -3.55. The number of hydrogen-bond acceptors (Lipinski definition) is 6. The molecule has 0 radical (unpaired) electrons. The molecule has 8 nitrogen and oxygen atoms in total. The fraction of sp³-hybridized carbons (Fsp3) is 0.318. The molecule has 0 bridgehead atoms. The SMILES string of the molecule is CC(C)(C)C(=O)Nc1nc(O)c2cc(CCCc3ccc(C(=O)O)cc3)cnc2n1. The van der Waals surface area contributed by atoms with Gasteiger partial charge >= 0.3 is 5.97 Å². The maximum absolute atomic E-state index is 12.1. The van der Waals surface area contributed by atoms with Crippen LogP contribution in [0.25, 0.3) is 11.0 Å². The quantitative estimate of drug-likeness (QED) is 0.569. The van der Waals surface area contributed by atoms with E-state index in [1.807, 2.05) is 12.1 Å². The molecular formula is C22H24N4O4. The van der Waals surface area contributed by atoms with Crippen LogP contribution in [-0.2, 0) is 17.6 Å². The summed E-state index contributed by atoms with van der Waals surface area (Å²) in [6.07, 6.45) is 4.04. The molecule has 8 heteroatoms. The second-order valence-electron chi connectivity index (χ2n) is 8.15. The molecular weight excluding hydrogens is 384 g/mol. The number of anilines is 1. The van der Waals surface area contributed by atoms with Gasteiger partial charge < -0.3 is 10.2 Å². The number of aromatic carboxylic acids is 1. The van der Waals surface area contributed by atoms with Gasteiger partial charge in [-0.15, -0.1) is 0 Å². The van der Waals surface area contributed by atoms with Crippen molar-refractivity contribution in [2.75, 3.05) is 5.32 Å². The summed E-state index contributed by atoms with van der Waals surface area (Å²) >= 11 is 0. The first-order chi connectivity index (χ1) is 14.1. The monoisotopic (exact) mass is 408 g/mol. The summed E-state index contributed by atoms with van der Waals surface area (Å²) in [5.74, 6) is -1.41. The molecule has 3 aromatic rings. The third-order valence-electron chi connectivity index (χ3n) is 4.63. The van der Waals surface area contributed by atoms with Crippen LogP contribution in [0.15, 0.2) is 36.5 Å². The van der Waals surface area contributed by atoms with Crippen molar-refractivity contribution in [2.45, 2.75) is 40.0 Å². The lowest BCUT2D eigenvalue weighted by Crippen LogP contribution is -2.28. The van der Waals surface area contributed by atoms with Gasteiger partial charge in [0.05, 0.1) is 10.9 Å². The number of aromatic nitrogens is 3. The number of aromatic hydroxyl groups is 1. The topological polar surface area (TPSA) is 125 Å². The molecule has 0 fully saturated rings. The number of amides is 1. The molecule has 0 unspecified atom stereocenters. The largest absolute Gasteiger partial charge is 0.493 e. The third-order valence-corrected chi connectivity index (χ3v) is 4.63. The number of carbonyl (C=O) groups is 2. The van der Waals surface area contributed by atoms with Crippen LogP contribution in [0.5, 0.6) is 5.88 Å². The molecule has 0 atom stereocenters. The number of fused-ring (bicyclic) bond motifs is 1. The van der Waals surface area contributed by atoms with Gasteiger partial charge in [0.2, 0.25) is 17.7 Å². The number of carbonyl (C=O) groups excluding carboxylic acids is 1. The first-order valence-electron chi connectivity index (χ1n) is 9.63. The number of pyridine rings is 1. The van der Waals surface area contributed by atoms with Crippen LogP contribution in [0.1, 0.15) is 48.7 Å². The van der Waals surface area contributed by atoms with Gasteiger partial charge in [-0.1, -0.05) is 32.9 Å². The van der Waals surface area contributed by atoms with Crippen molar-refractivity contribution in [1.29, 1.82) is 0 Å². The Morgan fingerprint density at radius 3 is 2.33 bits per heavy atom. The number of hydrogen-bond donors (Lipinski definition) is 3. The van der Waals surface area contributed by atoms with Gasteiger partial charge in [0.1, 0.15) is 0 Å². The van der Waals surface area contributed by atoms with Crippen LogP contribution in [0, 0.1) is 5.41 Å². The van der Waals surface area contributed by atoms with Gasteiger partial charge in [0.15, 0.2) is 5.65 Å². The van der Waals surface area contributed by atoms with E-state index in [4.69, 9.17) is 5.11 Å². The number of rotatable bonds is 6. The van der Waals surface area contributed by atoms with Gasteiger partial charge in [0, 0.05) is 11.6 Å². The van der Waals surface area contributed by atoms with E-state index in [2.05, 4.69) is 20.3 Å². The highest BCUT2D eigenvalue weighted by molar-refractivity contribution is 5.94. The molecule has 1 amide bonds. The van der Waals surface area contributed by atoms with Gasteiger partial charge in [-0.05, 0) is 48.6 Å². The minimum absolute atomic E-state index is 0.0185. The molecule has 1 aromatic carbocycles. The molecule has 0 aliphatic heterocycles. The number of carboxylic acid groups (broad SMARTS) is 1. The average Bonchev–Trinajstić information content (AvgIpc) is 2.68. The summed E-state index contributed by atoms with van der Waals surface area (Å²) in [4.78, 5) is 35.5. The molecule has 30 heavy (non-hydrogen) atoms. The first kappa shape index (κ1) is 21.2. The van der Waals surface area contributed by atoms with Crippen LogP contribution in [0.4, 0.5) is 5.95 Å². The zero-order valence-electron chi connectivity index (χ0n) is 17.1. The molecule has 3 rings (SSSR count). The smallest absolute Gasteiger partial charge is 0.335 e. The molecule has 2 heterocycles. The molecule has 156 valence electrons. The zero-order chi connectivity index (χ0) is 21.9. The summed E-state index contributed by atoms with van der Waals surface area (Å²) < 4.78 is 0. The Labute approximate surface area is 174 Å². The van der Waals surface area contributed by atoms with E-state index in [0.717, 1.165) is 30.4 Å². The van der Waals surface area contributed by atoms with Crippen LogP contribution in [0.3, 0.4) is 0 Å². The third kappa shape index (κ3) is 5.08. The van der Waals surface area contributed by atoms with E-state index >= 15 is 0 Å². The summed E-state index contributed by atoms with van der Waals surface area (Å²) in [5, 5.41) is 22.2. The van der Waals surface area contributed by atoms with E-state index in [0.29, 0.717) is 11.0 Å². The Morgan fingerprint density at radius 2 is 1.70 bits per heavy atom. The molecule has 3 N–H and O–H groups in total. The number of nitrogens with zero attached hydrogens (tertiary/aromatic N) is 3. The van der Waals surface area contributed by atoms with Crippen molar-refractivity contribution < 1.29 is 19.8 Å². The van der Waals surface area contributed by atoms with E-state index < -0.39 is 11.4 Å². The van der Waals surface area contributed by atoms with Crippen LogP contribution < -0.4 is 5.32 Å². The Balaban J connectivity index is 1.67. The zero-order valence-corrected chi connectivity index (χ0v) is 17.1. The Kier molecular flexibility index (Phi) is 5.96. The van der Waals surface area contributed by atoms with Crippen molar-refractivity contribution in [3.63, 3.8) is 0 Å². The maximum atomic E-state index is 12.1. The fourth-order valence-corrected chi connectivity index (χ4v) is 2.83. The van der Waals surface area contributed by atoms with E-state index in [9.17, 15) is 14.7 Å². The summed E-state index contributed by atoms with van der Waals surface area (Å²) in [6.45, 7) is 5.32. The van der Waals surface area contributed by atoms with Gasteiger partial charge in [-0.3, -0.25) is 10.1 Å². The second kappa shape index (κ2) is 8.44. The van der Waals surface area contributed by atoms with E-state index in [1.54, 1.807) is 45.2 Å². The lowest BCUT2D eigenvalue weighted by Gasteiger charge is -2.16. The number of nitrogens with one attached hydrogen (secondary N) is 1. The van der Waals surface area contributed by atoms with E-state index in [-0.39, 0.29) is 23.3 Å².